The molecule has 7 nitrogen and oxygen atoms in total. The summed E-state index contributed by atoms with van der Waals surface area (Å²) < 4.78 is 5.26. The number of methoxy groups -OCH3 is 1. The van der Waals surface area contributed by atoms with Gasteiger partial charge in [0.15, 0.2) is 0 Å². The molecule has 3 aromatic carbocycles. The van der Waals surface area contributed by atoms with E-state index < -0.39 is 17.5 Å². The highest BCUT2D eigenvalue weighted by Gasteiger charge is 2.51. The van der Waals surface area contributed by atoms with Gasteiger partial charge in [-0.2, -0.15) is 0 Å². The first-order valence-corrected chi connectivity index (χ1v) is 10.9. The summed E-state index contributed by atoms with van der Waals surface area (Å²) in [7, 11) is 3.30. The molecule has 1 heterocycles. The lowest BCUT2D eigenvalue weighted by molar-refractivity contribution is -0.138. The second-order valence-corrected chi connectivity index (χ2v) is 8.24. The molecule has 0 aromatic heterocycles. The monoisotopic (exact) mass is 445 g/mol. The number of rotatable bonds is 7. The van der Waals surface area contributed by atoms with Crippen molar-refractivity contribution in [3.8, 4) is 5.75 Å². The van der Waals surface area contributed by atoms with Crippen molar-refractivity contribution in [3.63, 3.8) is 0 Å². The normalized spacial score (nSPS) is 17.8. The van der Waals surface area contributed by atoms with Crippen molar-refractivity contribution in [1.29, 1.82) is 0 Å². The molecule has 0 spiro atoms. The molecule has 1 atom stereocenters. The summed E-state index contributed by atoms with van der Waals surface area (Å²) in [6.07, 6.45) is 0.393. The molecule has 3 aromatic rings. The molecule has 0 saturated carbocycles. The Labute approximate surface area is 192 Å². The van der Waals surface area contributed by atoms with E-state index in [1.54, 1.807) is 14.2 Å². The van der Waals surface area contributed by atoms with Gasteiger partial charge in [-0.1, -0.05) is 55.5 Å². The fourth-order valence-corrected chi connectivity index (χ4v) is 4.25. The molecule has 170 valence electrons. The SMILES string of the molecule is CCC1(c2ccccc2)NC(=O)N(CC(=O)N(C)Cc2ccc3cc(OC)ccc3c2)C1=O. The van der Waals surface area contributed by atoms with Crippen LogP contribution in [0.25, 0.3) is 10.8 Å². The average Bonchev–Trinajstić information content (AvgIpc) is 3.09. The number of nitrogens with one attached hydrogen (secondary N) is 1. The van der Waals surface area contributed by atoms with Gasteiger partial charge in [-0.3, -0.25) is 14.5 Å². The maximum atomic E-state index is 13.2. The van der Waals surface area contributed by atoms with Gasteiger partial charge in [-0.05, 0) is 46.5 Å². The van der Waals surface area contributed by atoms with Gasteiger partial charge in [-0.25, -0.2) is 4.79 Å². The number of benzene rings is 3. The summed E-state index contributed by atoms with van der Waals surface area (Å²) in [4.78, 5) is 41.4. The second kappa shape index (κ2) is 8.94. The molecule has 1 fully saturated rings. The molecule has 0 radical (unpaired) electrons. The number of hydrogen-bond donors (Lipinski definition) is 1. The molecule has 4 amide bonds. The van der Waals surface area contributed by atoms with Crippen LogP contribution in [0.2, 0.25) is 0 Å². The maximum absolute atomic E-state index is 13.2. The molecule has 4 rings (SSSR count). The summed E-state index contributed by atoms with van der Waals surface area (Å²) >= 11 is 0. The summed E-state index contributed by atoms with van der Waals surface area (Å²) in [6.45, 7) is 1.90. The molecular weight excluding hydrogens is 418 g/mol. The Morgan fingerprint density at radius 1 is 1.03 bits per heavy atom. The highest BCUT2D eigenvalue weighted by Crippen LogP contribution is 2.32. The molecule has 1 aliphatic rings. The zero-order valence-corrected chi connectivity index (χ0v) is 19.0. The van der Waals surface area contributed by atoms with Gasteiger partial charge in [0, 0.05) is 13.6 Å². The quantitative estimate of drug-likeness (QED) is 0.563. The molecule has 0 bridgehead atoms. The number of hydrogen-bond acceptors (Lipinski definition) is 4. The van der Waals surface area contributed by atoms with Crippen molar-refractivity contribution >= 4 is 28.6 Å². The van der Waals surface area contributed by atoms with Gasteiger partial charge in [0.1, 0.15) is 17.8 Å². The number of fused-ring (bicyclic) bond motifs is 1. The van der Waals surface area contributed by atoms with Crippen LogP contribution in [0.3, 0.4) is 0 Å². The van der Waals surface area contributed by atoms with Crippen LogP contribution in [0.1, 0.15) is 24.5 Å². The Hall–Kier alpha value is -3.87. The highest BCUT2D eigenvalue weighted by atomic mass is 16.5. The fourth-order valence-electron chi connectivity index (χ4n) is 4.25. The Bertz CT molecular complexity index is 1210. The van der Waals surface area contributed by atoms with E-state index in [2.05, 4.69) is 5.32 Å². The van der Waals surface area contributed by atoms with E-state index in [-0.39, 0.29) is 12.5 Å². The van der Waals surface area contributed by atoms with E-state index >= 15 is 0 Å². The van der Waals surface area contributed by atoms with Gasteiger partial charge < -0.3 is 15.0 Å². The number of carbonyl (C=O) groups is 3. The molecular formula is C26H27N3O4. The van der Waals surface area contributed by atoms with Crippen LogP contribution >= 0.6 is 0 Å². The van der Waals surface area contributed by atoms with Gasteiger partial charge in [0.25, 0.3) is 5.91 Å². The minimum Gasteiger partial charge on any atom is -0.497 e. The van der Waals surface area contributed by atoms with Crippen molar-refractivity contribution in [2.75, 3.05) is 20.7 Å². The lowest BCUT2D eigenvalue weighted by Crippen LogP contribution is -2.45. The van der Waals surface area contributed by atoms with Crippen LogP contribution in [0.5, 0.6) is 5.75 Å². The zero-order chi connectivity index (χ0) is 23.6. The molecule has 1 unspecified atom stereocenters. The van der Waals surface area contributed by atoms with Crippen LogP contribution in [0, 0.1) is 0 Å². The minimum absolute atomic E-state index is 0.305. The van der Waals surface area contributed by atoms with Crippen molar-refractivity contribution in [2.24, 2.45) is 0 Å². The lowest BCUT2D eigenvalue weighted by Gasteiger charge is -2.26. The Kier molecular flexibility index (Phi) is 6.05. The van der Waals surface area contributed by atoms with Crippen molar-refractivity contribution < 1.29 is 19.1 Å². The lowest BCUT2D eigenvalue weighted by atomic mass is 9.87. The van der Waals surface area contributed by atoms with Gasteiger partial charge in [-0.15, -0.1) is 0 Å². The zero-order valence-electron chi connectivity index (χ0n) is 19.0. The van der Waals surface area contributed by atoms with Gasteiger partial charge in [0.2, 0.25) is 5.91 Å². The third-order valence-electron chi connectivity index (χ3n) is 6.22. The summed E-state index contributed by atoms with van der Waals surface area (Å²) in [5, 5.41) is 4.90. The summed E-state index contributed by atoms with van der Waals surface area (Å²) in [5.74, 6) is 0.0747. The van der Waals surface area contributed by atoms with Crippen LogP contribution in [-0.2, 0) is 21.7 Å². The van der Waals surface area contributed by atoms with Crippen molar-refractivity contribution in [2.45, 2.75) is 25.4 Å². The molecule has 0 aliphatic carbocycles. The average molecular weight is 446 g/mol. The standard InChI is InChI=1S/C26H27N3O4/c1-4-26(21-8-6-5-7-9-21)24(31)29(25(32)27-26)17-23(30)28(2)16-18-10-11-20-15-22(33-3)13-12-19(20)14-18/h5-15H,4,16-17H2,1-3H3,(H,27,32). The van der Waals surface area contributed by atoms with E-state index in [1.165, 1.54) is 4.90 Å². The van der Waals surface area contributed by atoms with Gasteiger partial charge in [0.05, 0.1) is 7.11 Å². The Morgan fingerprint density at radius 2 is 1.73 bits per heavy atom. The number of carbonyl (C=O) groups excluding carboxylic acids is 3. The van der Waals surface area contributed by atoms with Crippen LogP contribution < -0.4 is 10.1 Å². The number of likely N-dealkylation sites (N-methyl/N-ethyl adjacent to an activating group) is 1. The van der Waals surface area contributed by atoms with Crippen LogP contribution in [0.4, 0.5) is 4.79 Å². The molecule has 7 heteroatoms. The Balaban J connectivity index is 1.47. The summed E-state index contributed by atoms with van der Waals surface area (Å²) in [6, 6.07) is 20.4. The largest absolute Gasteiger partial charge is 0.497 e. The maximum Gasteiger partial charge on any atom is 0.325 e. The van der Waals surface area contributed by atoms with Crippen LogP contribution in [0.15, 0.2) is 66.7 Å². The van der Waals surface area contributed by atoms with E-state index in [9.17, 15) is 14.4 Å². The van der Waals surface area contributed by atoms with E-state index in [0.29, 0.717) is 18.5 Å². The third kappa shape index (κ3) is 4.14. The third-order valence-corrected chi connectivity index (χ3v) is 6.22. The topological polar surface area (TPSA) is 79.0 Å². The molecule has 1 saturated heterocycles. The van der Waals surface area contributed by atoms with E-state index in [0.717, 1.165) is 27.0 Å². The van der Waals surface area contributed by atoms with E-state index in [4.69, 9.17) is 4.74 Å². The smallest absolute Gasteiger partial charge is 0.325 e. The number of ether oxygens (including phenoxy) is 1. The number of nitrogens with zero attached hydrogens (tertiary/aromatic N) is 2. The first-order valence-electron chi connectivity index (χ1n) is 10.9. The number of amides is 4. The predicted molar refractivity (Wildman–Crippen MR) is 126 cm³/mol. The predicted octanol–water partition coefficient (Wildman–Crippen LogP) is 3.66. The van der Waals surface area contributed by atoms with Crippen molar-refractivity contribution in [1.82, 2.24) is 15.1 Å². The van der Waals surface area contributed by atoms with Gasteiger partial charge >= 0.3 is 6.03 Å². The number of imide groups is 1. The summed E-state index contributed by atoms with van der Waals surface area (Å²) in [5.41, 5.74) is 0.520. The fraction of sp³-hybridized carbons (Fsp3) is 0.269. The first kappa shape index (κ1) is 22.3. The second-order valence-electron chi connectivity index (χ2n) is 8.24. The molecule has 33 heavy (non-hydrogen) atoms. The first-order chi connectivity index (χ1) is 15.9. The molecule has 1 N–H and O–H groups in total. The number of urea groups is 1. The Morgan fingerprint density at radius 3 is 2.42 bits per heavy atom. The van der Waals surface area contributed by atoms with Crippen LogP contribution in [-0.4, -0.2) is 48.3 Å². The van der Waals surface area contributed by atoms with Crippen molar-refractivity contribution in [3.05, 3.63) is 77.9 Å². The minimum atomic E-state index is -1.14. The highest BCUT2D eigenvalue weighted by molar-refractivity contribution is 6.09. The molecule has 1 aliphatic heterocycles. The van der Waals surface area contributed by atoms with E-state index in [1.807, 2.05) is 73.7 Å².